The van der Waals surface area contributed by atoms with Crippen LogP contribution in [-0.4, -0.2) is 37.2 Å². The van der Waals surface area contributed by atoms with Gasteiger partial charge in [-0.1, -0.05) is 153 Å². The van der Waals surface area contributed by atoms with Gasteiger partial charge in [-0.2, -0.15) is 0 Å². The van der Waals surface area contributed by atoms with E-state index in [4.69, 9.17) is 14.2 Å². The molecular formula is C40H68O6. The smallest absolute Gasteiger partial charge is 0.306 e. The zero-order valence-electron chi connectivity index (χ0n) is 29.8. The third-order valence-electron chi connectivity index (χ3n) is 7.61. The maximum Gasteiger partial charge on any atom is 0.306 e. The normalized spacial score (nSPS) is 12.5. The Hall–Kier alpha value is -2.63. The van der Waals surface area contributed by atoms with Crippen LogP contribution in [0.4, 0.5) is 0 Å². The number of rotatable bonds is 32. The van der Waals surface area contributed by atoms with Crippen LogP contribution < -0.4 is 0 Å². The molecule has 0 amide bonds. The fraction of sp³-hybridized carbons (Fsp3) is 0.725. The minimum Gasteiger partial charge on any atom is -0.462 e. The highest BCUT2D eigenvalue weighted by atomic mass is 16.6. The molecule has 0 fully saturated rings. The quantitative estimate of drug-likeness (QED) is 0.0314. The van der Waals surface area contributed by atoms with Crippen molar-refractivity contribution in [2.75, 3.05) is 13.2 Å². The van der Waals surface area contributed by atoms with E-state index in [-0.39, 0.29) is 37.5 Å². The van der Waals surface area contributed by atoms with E-state index in [1.807, 2.05) is 12.2 Å². The van der Waals surface area contributed by atoms with Gasteiger partial charge in [0.2, 0.25) is 0 Å². The molecule has 0 N–H and O–H groups in total. The van der Waals surface area contributed by atoms with Crippen molar-refractivity contribution in [1.82, 2.24) is 0 Å². The molecule has 0 aromatic rings. The molecule has 46 heavy (non-hydrogen) atoms. The second-order valence-electron chi connectivity index (χ2n) is 12.1. The molecule has 264 valence electrons. The highest BCUT2D eigenvalue weighted by Gasteiger charge is 2.19. The van der Waals surface area contributed by atoms with Gasteiger partial charge in [0.1, 0.15) is 13.2 Å². The molecule has 0 aromatic heterocycles. The van der Waals surface area contributed by atoms with Gasteiger partial charge in [-0.3, -0.25) is 14.4 Å². The van der Waals surface area contributed by atoms with Crippen LogP contribution in [0.1, 0.15) is 168 Å². The highest BCUT2D eigenvalue weighted by molar-refractivity contribution is 5.71. The summed E-state index contributed by atoms with van der Waals surface area (Å²) < 4.78 is 16.4. The van der Waals surface area contributed by atoms with Crippen molar-refractivity contribution in [3.8, 4) is 0 Å². The van der Waals surface area contributed by atoms with E-state index in [9.17, 15) is 14.4 Å². The minimum absolute atomic E-state index is 0.0949. The van der Waals surface area contributed by atoms with Crippen molar-refractivity contribution < 1.29 is 28.6 Å². The standard InChI is InChI=1S/C40H68O6/c1-4-7-10-13-16-18-19-20-21-23-24-27-30-33-39(42)45-36-37(35-44-38(41)32-29-26-15-12-9-6-3)46-40(43)34-31-28-25-22-17-14-11-8-5-2/h7,10,16,18,20-21,24,27,37H,4-6,8-9,11-15,17,19,22-23,25-26,28-36H2,1-3H3/b10-7-,18-16-,21-20-,27-24-. The topological polar surface area (TPSA) is 78.9 Å². The molecule has 0 aliphatic heterocycles. The van der Waals surface area contributed by atoms with Crippen molar-refractivity contribution in [2.24, 2.45) is 0 Å². The Morgan fingerprint density at radius 1 is 0.457 bits per heavy atom. The number of allylic oxidation sites excluding steroid dienone is 8. The highest BCUT2D eigenvalue weighted by Crippen LogP contribution is 2.12. The molecular weight excluding hydrogens is 576 g/mol. The van der Waals surface area contributed by atoms with Crippen LogP contribution in [0.5, 0.6) is 0 Å². The lowest BCUT2D eigenvalue weighted by Crippen LogP contribution is -2.30. The van der Waals surface area contributed by atoms with Gasteiger partial charge < -0.3 is 14.2 Å². The maximum absolute atomic E-state index is 12.5. The van der Waals surface area contributed by atoms with Crippen LogP contribution >= 0.6 is 0 Å². The van der Waals surface area contributed by atoms with E-state index in [1.165, 1.54) is 57.8 Å². The first-order chi connectivity index (χ1) is 22.5. The molecule has 0 aromatic carbocycles. The van der Waals surface area contributed by atoms with Crippen LogP contribution in [0, 0.1) is 0 Å². The molecule has 0 saturated carbocycles. The molecule has 0 radical (unpaired) electrons. The molecule has 0 aliphatic carbocycles. The second kappa shape index (κ2) is 35.2. The van der Waals surface area contributed by atoms with Gasteiger partial charge in [0.15, 0.2) is 6.10 Å². The summed E-state index contributed by atoms with van der Waals surface area (Å²) in [6.45, 7) is 6.33. The van der Waals surface area contributed by atoms with Gasteiger partial charge in [0.05, 0.1) is 0 Å². The Bertz CT molecular complexity index is 841. The monoisotopic (exact) mass is 645 g/mol. The lowest BCUT2D eigenvalue weighted by atomic mass is 10.1. The molecule has 0 spiro atoms. The number of esters is 3. The molecule has 0 saturated heterocycles. The van der Waals surface area contributed by atoms with E-state index in [1.54, 1.807) is 0 Å². The summed E-state index contributed by atoms with van der Waals surface area (Å²) in [5.41, 5.74) is 0. The lowest BCUT2D eigenvalue weighted by Gasteiger charge is -2.18. The van der Waals surface area contributed by atoms with Crippen LogP contribution in [0.15, 0.2) is 48.6 Å². The van der Waals surface area contributed by atoms with Crippen LogP contribution in [0.25, 0.3) is 0 Å². The number of hydrogen-bond donors (Lipinski definition) is 0. The summed E-state index contributed by atoms with van der Waals surface area (Å²) in [4.78, 5) is 37.2. The Morgan fingerprint density at radius 3 is 1.33 bits per heavy atom. The Balaban J connectivity index is 4.45. The molecule has 0 bridgehead atoms. The third kappa shape index (κ3) is 32.8. The second-order valence-corrected chi connectivity index (χ2v) is 12.1. The molecule has 0 aliphatic rings. The van der Waals surface area contributed by atoms with Crippen molar-refractivity contribution in [2.45, 2.75) is 175 Å². The first-order valence-electron chi connectivity index (χ1n) is 18.6. The van der Waals surface area contributed by atoms with Gasteiger partial charge in [-0.25, -0.2) is 0 Å². The Labute approximate surface area is 282 Å². The lowest BCUT2D eigenvalue weighted by molar-refractivity contribution is -0.166. The first-order valence-corrected chi connectivity index (χ1v) is 18.6. The average Bonchev–Trinajstić information content (AvgIpc) is 3.05. The van der Waals surface area contributed by atoms with E-state index in [0.29, 0.717) is 19.3 Å². The summed E-state index contributed by atoms with van der Waals surface area (Å²) in [7, 11) is 0. The SMILES string of the molecule is CC/C=C\C/C=C\C/C=C\C/C=C\CCC(=O)OCC(COC(=O)CCCCCCCC)OC(=O)CCCCCCCCCCC. The predicted octanol–water partition coefficient (Wildman–Crippen LogP) is 11.2. The number of carbonyl (C=O) groups is 3. The summed E-state index contributed by atoms with van der Waals surface area (Å²) in [5.74, 6) is -1.00. The largest absolute Gasteiger partial charge is 0.462 e. The molecule has 6 nitrogen and oxygen atoms in total. The van der Waals surface area contributed by atoms with Gasteiger partial charge >= 0.3 is 17.9 Å². The van der Waals surface area contributed by atoms with Crippen molar-refractivity contribution >= 4 is 17.9 Å². The van der Waals surface area contributed by atoms with Gasteiger partial charge in [0.25, 0.3) is 0 Å². The summed E-state index contributed by atoms with van der Waals surface area (Å²) >= 11 is 0. The first kappa shape index (κ1) is 43.4. The van der Waals surface area contributed by atoms with Crippen LogP contribution in [0.3, 0.4) is 0 Å². The Kier molecular flexibility index (Phi) is 33.2. The van der Waals surface area contributed by atoms with Crippen LogP contribution in [-0.2, 0) is 28.6 Å². The fourth-order valence-corrected chi connectivity index (χ4v) is 4.81. The number of hydrogen-bond acceptors (Lipinski definition) is 6. The fourth-order valence-electron chi connectivity index (χ4n) is 4.81. The number of carbonyl (C=O) groups excluding carboxylic acids is 3. The van der Waals surface area contributed by atoms with Gasteiger partial charge in [0, 0.05) is 19.3 Å². The summed E-state index contributed by atoms with van der Waals surface area (Å²) in [5, 5.41) is 0. The van der Waals surface area contributed by atoms with Crippen molar-refractivity contribution in [3.63, 3.8) is 0 Å². The molecule has 1 unspecified atom stereocenters. The zero-order chi connectivity index (χ0) is 33.8. The maximum atomic E-state index is 12.5. The minimum atomic E-state index is -0.791. The summed E-state index contributed by atoms with van der Waals surface area (Å²) in [6.07, 6.45) is 38.4. The summed E-state index contributed by atoms with van der Waals surface area (Å²) in [6, 6.07) is 0. The Morgan fingerprint density at radius 2 is 0.848 bits per heavy atom. The van der Waals surface area contributed by atoms with E-state index in [0.717, 1.165) is 64.2 Å². The molecule has 6 heteroatoms. The van der Waals surface area contributed by atoms with E-state index >= 15 is 0 Å². The predicted molar refractivity (Wildman–Crippen MR) is 192 cm³/mol. The molecule has 1 atom stereocenters. The molecule has 0 heterocycles. The van der Waals surface area contributed by atoms with Crippen LogP contribution in [0.2, 0.25) is 0 Å². The third-order valence-corrected chi connectivity index (χ3v) is 7.61. The number of ether oxygens (including phenoxy) is 3. The van der Waals surface area contributed by atoms with Gasteiger partial charge in [-0.05, 0) is 44.9 Å². The zero-order valence-corrected chi connectivity index (χ0v) is 29.8. The van der Waals surface area contributed by atoms with Crippen molar-refractivity contribution in [1.29, 1.82) is 0 Å². The average molecular weight is 645 g/mol. The van der Waals surface area contributed by atoms with E-state index < -0.39 is 6.10 Å². The van der Waals surface area contributed by atoms with Gasteiger partial charge in [-0.15, -0.1) is 0 Å². The van der Waals surface area contributed by atoms with E-state index in [2.05, 4.69) is 57.2 Å². The molecule has 0 rings (SSSR count). The number of unbranched alkanes of at least 4 members (excludes halogenated alkanes) is 13. The van der Waals surface area contributed by atoms with Crippen molar-refractivity contribution in [3.05, 3.63) is 48.6 Å².